The molecule has 0 saturated carbocycles. The van der Waals surface area contributed by atoms with Gasteiger partial charge in [0, 0.05) is 29.6 Å². The normalized spacial score (nSPS) is 19.0. The first-order valence-corrected chi connectivity index (χ1v) is 9.04. The molecule has 0 bridgehead atoms. The highest BCUT2D eigenvalue weighted by molar-refractivity contribution is 7.91. The Morgan fingerprint density at radius 2 is 1.96 bits per heavy atom. The molecule has 3 rings (SSSR count). The minimum atomic E-state index is -5.32. The molecule has 144 valence electrons. The van der Waals surface area contributed by atoms with Gasteiger partial charge in [-0.15, -0.1) is 0 Å². The Bertz CT molecular complexity index is 1060. The third-order valence-corrected chi connectivity index (χ3v) is 5.71. The van der Waals surface area contributed by atoms with Crippen LogP contribution in [0, 0.1) is 12.4 Å². The fourth-order valence-electron chi connectivity index (χ4n) is 3.03. The maximum absolute atomic E-state index is 13.9. The predicted octanol–water partition coefficient (Wildman–Crippen LogP) is 3.78. The zero-order chi connectivity index (χ0) is 20.1. The van der Waals surface area contributed by atoms with Crippen molar-refractivity contribution in [1.82, 2.24) is 4.57 Å². The van der Waals surface area contributed by atoms with Gasteiger partial charge in [-0.3, -0.25) is 0 Å². The molecule has 0 aliphatic heterocycles. The van der Waals surface area contributed by atoms with Gasteiger partial charge in [0.15, 0.2) is 5.69 Å². The highest BCUT2D eigenvalue weighted by Crippen LogP contribution is 2.46. The van der Waals surface area contributed by atoms with Crippen molar-refractivity contribution in [2.24, 2.45) is 0 Å². The van der Waals surface area contributed by atoms with Crippen molar-refractivity contribution in [3.8, 4) is 5.69 Å². The number of alkyl halides is 4. The predicted molar refractivity (Wildman–Crippen MR) is 83.4 cm³/mol. The van der Waals surface area contributed by atoms with Gasteiger partial charge in [0.05, 0.1) is 11.5 Å². The molecule has 0 amide bonds. The molecule has 1 atom stereocenters. The number of benzene rings is 1. The molecular weight excluding hydrogens is 395 g/mol. The van der Waals surface area contributed by atoms with E-state index in [0.29, 0.717) is 6.20 Å². The number of hydrogen-bond acceptors (Lipinski definition) is 3. The molecule has 5 nitrogen and oxygen atoms in total. The molecule has 1 heterocycles. The number of aromatic nitrogens is 1. The first-order valence-electron chi connectivity index (χ1n) is 7.49. The van der Waals surface area contributed by atoms with Crippen molar-refractivity contribution in [1.29, 1.82) is 0 Å². The van der Waals surface area contributed by atoms with Gasteiger partial charge < -0.3 is 9.67 Å². The number of fused-ring (bicyclic) bond motifs is 1. The van der Waals surface area contributed by atoms with Gasteiger partial charge in [-0.25, -0.2) is 26.4 Å². The molecule has 1 aromatic heterocycles. The average molecular weight is 406 g/mol. The van der Waals surface area contributed by atoms with Gasteiger partial charge in [-0.2, -0.15) is 8.78 Å². The van der Waals surface area contributed by atoms with Crippen LogP contribution in [0.25, 0.3) is 10.5 Å². The summed E-state index contributed by atoms with van der Waals surface area (Å²) >= 11 is 0. The van der Waals surface area contributed by atoms with E-state index in [0.717, 1.165) is 22.8 Å². The molecule has 1 N–H and O–H groups in total. The maximum atomic E-state index is 13.9. The first kappa shape index (κ1) is 19.3. The first-order chi connectivity index (χ1) is 12.5. The van der Waals surface area contributed by atoms with E-state index in [4.69, 9.17) is 6.57 Å². The van der Waals surface area contributed by atoms with Crippen LogP contribution in [-0.2, 0) is 16.3 Å². The quantitative estimate of drug-likeness (QED) is 0.623. The molecule has 2 aromatic rings. The summed E-state index contributed by atoms with van der Waals surface area (Å²) in [5.41, 5.74) is -1.26. The van der Waals surface area contributed by atoms with Gasteiger partial charge in [0.25, 0.3) is 5.92 Å². The third kappa shape index (κ3) is 3.08. The third-order valence-electron chi connectivity index (χ3n) is 4.30. The largest absolute Gasteiger partial charge is 0.382 e. The number of sulfone groups is 1. The Morgan fingerprint density at radius 1 is 1.30 bits per heavy atom. The fraction of sp³-hybridized carbons (Fsp3) is 0.312. The van der Waals surface area contributed by atoms with Gasteiger partial charge in [-0.1, -0.05) is 0 Å². The second-order valence-corrected chi connectivity index (χ2v) is 7.86. The van der Waals surface area contributed by atoms with Crippen molar-refractivity contribution in [2.75, 3.05) is 0 Å². The molecule has 1 aliphatic carbocycles. The molecule has 0 radical (unpaired) electrons. The lowest BCUT2D eigenvalue weighted by Crippen LogP contribution is -2.33. The van der Waals surface area contributed by atoms with E-state index in [1.807, 2.05) is 0 Å². The Balaban J connectivity index is 2.34. The number of halogens is 5. The van der Waals surface area contributed by atoms with E-state index in [1.54, 1.807) is 0 Å². The lowest BCUT2D eigenvalue weighted by atomic mass is 9.91. The van der Waals surface area contributed by atoms with Crippen LogP contribution in [0.2, 0.25) is 0 Å². The van der Waals surface area contributed by atoms with Crippen molar-refractivity contribution >= 4 is 15.5 Å². The monoisotopic (exact) mass is 406 g/mol. The second-order valence-electron chi connectivity index (χ2n) is 5.97. The second kappa shape index (κ2) is 6.31. The van der Waals surface area contributed by atoms with Crippen LogP contribution in [0.15, 0.2) is 29.3 Å². The molecule has 0 saturated heterocycles. The summed E-state index contributed by atoms with van der Waals surface area (Å²) in [6.45, 7) is 6.95. The van der Waals surface area contributed by atoms with E-state index in [-0.39, 0.29) is 17.1 Å². The van der Waals surface area contributed by atoms with Gasteiger partial charge in [0.2, 0.25) is 9.84 Å². The summed E-state index contributed by atoms with van der Waals surface area (Å²) in [5, 5.41) is 9.94. The zero-order valence-corrected chi connectivity index (χ0v) is 14.2. The lowest BCUT2D eigenvalue weighted by molar-refractivity contribution is -0.123. The maximum Gasteiger partial charge on any atom is 0.341 e. The van der Waals surface area contributed by atoms with Crippen LogP contribution < -0.4 is 0 Å². The summed E-state index contributed by atoms with van der Waals surface area (Å²) in [6.07, 6.45) is -3.26. The number of aliphatic hydroxyl groups is 1. The highest BCUT2D eigenvalue weighted by atomic mass is 32.2. The van der Waals surface area contributed by atoms with E-state index in [1.165, 1.54) is 0 Å². The van der Waals surface area contributed by atoms with E-state index >= 15 is 0 Å². The van der Waals surface area contributed by atoms with Crippen LogP contribution in [0.4, 0.5) is 27.6 Å². The van der Waals surface area contributed by atoms with E-state index in [2.05, 4.69) is 4.85 Å². The Labute approximate surface area is 150 Å². The minimum absolute atomic E-state index is 0.106. The number of hydrogen-bond donors (Lipinski definition) is 1. The Morgan fingerprint density at radius 3 is 2.56 bits per heavy atom. The SMILES string of the molecule is [C-]#[N+]c1cc(F)cc(-n2cc(S(=O)(=O)C(F)F)c3c2CCC(F)(F)C3O)c1. The Hall–Kier alpha value is -2.45. The number of nitrogens with zero attached hydrogens (tertiary/aromatic N) is 2. The number of aliphatic hydroxyl groups excluding tert-OH is 1. The smallest absolute Gasteiger partial charge is 0.341 e. The van der Waals surface area contributed by atoms with Crippen LogP contribution in [0.1, 0.15) is 23.8 Å². The van der Waals surface area contributed by atoms with Crippen LogP contribution in [0.3, 0.4) is 0 Å². The van der Waals surface area contributed by atoms with Gasteiger partial charge >= 0.3 is 5.76 Å². The van der Waals surface area contributed by atoms with Crippen molar-refractivity contribution < 1.29 is 35.5 Å². The standard InChI is InChI=1S/C16H11F5N2O3S/c1-22-9-4-8(17)5-10(6-9)23-7-12(27(25,26)15(18)19)13-11(23)2-3-16(20,21)14(13)24/h4-7,14-15,24H,2-3H2. The van der Waals surface area contributed by atoms with Gasteiger partial charge in [0.1, 0.15) is 11.9 Å². The van der Waals surface area contributed by atoms with Gasteiger partial charge in [-0.05, 0) is 24.6 Å². The summed E-state index contributed by atoms with van der Waals surface area (Å²) in [6, 6.07) is 2.94. The lowest BCUT2D eigenvalue weighted by Gasteiger charge is -2.29. The van der Waals surface area contributed by atoms with Crippen molar-refractivity contribution in [3.05, 3.63) is 52.9 Å². The van der Waals surface area contributed by atoms with Crippen molar-refractivity contribution in [2.45, 2.75) is 35.5 Å². The minimum Gasteiger partial charge on any atom is -0.382 e. The number of rotatable bonds is 3. The molecule has 11 heteroatoms. The van der Waals surface area contributed by atoms with Crippen LogP contribution in [-0.4, -0.2) is 29.8 Å². The summed E-state index contributed by atoms with van der Waals surface area (Å²) in [7, 11) is -5.32. The molecule has 0 fully saturated rings. The molecular formula is C16H11F5N2O3S. The molecule has 1 aromatic carbocycles. The summed E-state index contributed by atoms with van der Waals surface area (Å²) in [4.78, 5) is 1.90. The fourth-order valence-corrected chi connectivity index (χ4v) is 4.01. The van der Waals surface area contributed by atoms with E-state index < -0.39 is 56.7 Å². The summed E-state index contributed by atoms with van der Waals surface area (Å²) in [5.74, 6) is -8.47. The molecule has 27 heavy (non-hydrogen) atoms. The molecule has 1 unspecified atom stereocenters. The van der Waals surface area contributed by atoms with E-state index in [9.17, 15) is 35.5 Å². The Kier molecular flexibility index (Phi) is 4.52. The van der Waals surface area contributed by atoms with Crippen LogP contribution in [0.5, 0.6) is 0 Å². The molecule has 0 spiro atoms. The average Bonchev–Trinajstić information content (AvgIpc) is 2.98. The topological polar surface area (TPSA) is 63.7 Å². The highest BCUT2D eigenvalue weighted by Gasteiger charge is 2.48. The zero-order valence-electron chi connectivity index (χ0n) is 13.3. The molecule has 1 aliphatic rings. The summed E-state index contributed by atoms with van der Waals surface area (Å²) < 4.78 is 92.4. The van der Waals surface area contributed by atoms with Crippen LogP contribution >= 0.6 is 0 Å². The van der Waals surface area contributed by atoms with Crippen molar-refractivity contribution in [3.63, 3.8) is 0 Å².